The lowest BCUT2D eigenvalue weighted by atomic mass is 10.1. The number of nitro benzene ring substituents is 2. The quantitative estimate of drug-likeness (QED) is 0.470. The van der Waals surface area contributed by atoms with E-state index in [2.05, 4.69) is 0 Å². The molecule has 0 unspecified atom stereocenters. The maximum atomic E-state index is 12.1. The number of carbonyl (C=O) groups is 1. The molecule has 0 radical (unpaired) electrons. The van der Waals surface area contributed by atoms with Gasteiger partial charge in [-0.2, -0.15) is 0 Å². The summed E-state index contributed by atoms with van der Waals surface area (Å²) in [4.78, 5) is 33.5. The lowest BCUT2D eigenvalue weighted by Gasteiger charge is -2.03. The van der Waals surface area contributed by atoms with Crippen molar-refractivity contribution in [2.75, 3.05) is 0 Å². The topological polar surface area (TPSA) is 106 Å². The van der Waals surface area contributed by atoms with Crippen molar-refractivity contribution in [3.63, 3.8) is 0 Å². The number of non-ortho nitro benzene ring substituents is 2. The Hall–Kier alpha value is -2.51. The molecule has 2 atom stereocenters. The van der Waals surface area contributed by atoms with Gasteiger partial charge in [-0.1, -0.05) is 0 Å². The van der Waals surface area contributed by atoms with Crippen molar-refractivity contribution in [1.82, 2.24) is 4.90 Å². The molecular weight excluding hydrogens is 254 g/mol. The van der Waals surface area contributed by atoms with E-state index in [1.54, 1.807) is 0 Å². The first-order valence-electron chi connectivity index (χ1n) is 5.59. The van der Waals surface area contributed by atoms with Crippen LogP contribution in [0.15, 0.2) is 18.2 Å². The van der Waals surface area contributed by atoms with Gasteiger partial charge in [-0.05, 0) is 13.8 Å². The predicted molar refractivity (Wildman–Crippen MR) is 64.8 cm³/mol. The minimum Gasteiger partial charge on any atom is -0.329 e. The Balaban J connectivity index is 2.42. The third kappa shape index (κ3) is 2.24. The van der Waals surface area contributed by atoms with Crippen molar-refractivity contribution in [2.45, 2.75) is 25.9 Å². The Morgan fingerprint density at radius 2 is 1.47 bits per heavy atom. The zero-order valence-electron chi connectivity index (χ0n) is 10.3. The van der Waals surface area contributed by atoms with E-state index in [9.17, 15) is 25.0 Å². The molecule has 1 saturated heterocycles. The maximum Gasteiger partial charge on any atom is 0.277 e. The summed E-state index contributed by atoms with van der Waals surface area (Å²) in [6, 6.07) is 3.06. The first-order valence-corrected chi connectivity index (χ1v) is 5.59. The van der Waals surface area contributed by atoms with Gasteiger partial charge in [-0.3, -0.25) is 25.0 Å². The number of hydrogen-bond donors (Lipinski definition) is 0. The fourth-order valence-electron chi connectivity index (χ4n) is 1.95. The zero-order valence-corrected chi connectivity index (χ0v) is 10.3. The average Bonchev–Trinajstić information content (AvgIpc) is 2.95. The van der Waals surface area contributed by atoms with Crippen LogP contribution in [0.5, 0.6) is 0 Å². The highest BCUT2D eigenvalue weighted by atomic mass is 16.6. The monoisotopic (exact) mass is 265 g/mol. The number of nitro groups is 2. The summed E-state index contributed by atoms with van der Waals surface area (Å²) in [5.41, 5.74) is -0.948. The van der Waals surface area contributed by atoms with Crippen molar-refractivity contribution >= 4 is 17.3 Å². The molecule has 1 heterocycles. The predicted octanol–water partition coefficient (Wildman–Crippen LogP) is 1.74. The van der Waals surface area contributed by atoms with Crippen molar-refractivity contribution in [2.24, 2.45) is 0 Å². The number of rotatable bonds is 3. The van der Waals surface area contributed by atoms with E-state index in [1.165, 1.54) is 4.90 Å². The first kappa shape index (κ1) is 12.9. The van der Waals surface area contributed by atoms with Gasteiger partial charge < -0.3 is 4.90 Å². The van der Waals surface area contributed by atoms with Crippen LogP contribution in [0.4, 0.5) is 11.4 Å². The summed E-state index contributed by atoms with van der Waals surface area (Å²) in [5, 5.41) is 21.4. The van der Waals surface area contributed by atoms with Gasteiger partial charge in [0.05, 0.1) is 21.5 Å². The minimum atomic E-state index is -0.751. The molecule has 19 heavy (non-hydrogen) atoms. The van der Waals surface area contributed by atoms with Crippen LogP contribution in [0.1, 0.15) is 24.2 Å². The molecule has 100 valence electrons. The third-order valence-electron chi connectivity index (χ3n) is 3.29. The van der Waals surface area contributed by atoms with E-state index < -0.39 is 27.1 Å². The normalized spacial score (nSPS) is 21.1. The highest BCUT2D eigenvalue weighted by molar-refractivity contribution is 5.97. The SMILES string of the molecule is C[C@@H]1[C@H](C)N1C(=O)c1cc([N+](=O)[O-])cc([N+](=O)[O-])c1. The molecular formula is C11H11N3O5. The number of carbonyl (C=O) groups excluding carboxylic acids is 1. The van der Waals surface area contributed by atoms with Crippen molar-refractivity contribution in [3.05, 3.63) is 44.0 Å². The van der Waals surface area contributed by atoms with Gasteiger partial charge in [0.1, 0.15) is 0 Å². The minimum absolute atomic E-state index is 0.0305. The molecule has 1 aliphatic rings. The van der Waals surface area contributed by atoms with Gasteiger partial charge in [-0.25, -0.2) is 0 Å². The fraction of sp³-hybridized carbons (Fsp3) is 0.364. The highest BCUT2D eigenvalue weighted by Crippen LogP contribution is 2.31. The molecule has 2 rings (SSSR count). The average molecular weight is 265 g/mol. The van der Waals surface area contributed by atoms with Crippen LogP contribution in [0.25, 0.3) is 0 Å². The highest BCUT2D eigenvalue weighted by Gasteiger charge is 2.44. The Labute approximate surface area is 107 Å². The van der Waals surface area contributed by atoms with Crippen molar-refractivity contribution < 1.29 is 14.6 Å². The molecule has 8 nitrogen and oxygen atoms in total. The summed E-state index contributed by atoms with van der Waals surface area (Å²) >= 11 is 0. The van der Waals surface area contributed by atoms with Gasteiger partial charge in [0, 0.05) is 24.2 Å². The number of hydrogen-bond acceptors (Lipinski definition) is 5. The van der Waals surface area contributed by atoms with Gasteiger partial charge in [0.2, 0.25) is 0 Å². The third-order valence-corrected chi connectivity index (χ3v) is 3.29. The lowest BCUT2D eigenvalue weighted by molar-refractivity contribution is -0.394. The Bertz CT molecular complexity index is 545. The van der Waals surface area contributed by atoms with E-state index in [0.29, 0.717) is 0 Å². The van der Waals surface area contributed by atoms with Crippen LogP contribution in [-0.4, -0.2) is 32.7 Å². The fourth-order valence-corrected chi connectivity index (χ4v) is 1.95. The van der Waals surface area contributed by atoms with E-state index in [-0.39, 0.29) is 17.6 Å². The molecule has 1 aromatic rings. The maximum absolute atomic E-state index is 12.1. The summed E-state index contributed by atoms with van der Waals surface area (Å²) in [7, 11) is 0. The molecule has 0 aliphatic carbocycles. The Morgan fingerprint density at radius 3 is 1.79 bits per heavy atom. The van der Waals surface area contributed by atoms with Crippen LogP contribution in [0, 0.1) is 20.2 Å². The van der Waals surface area contributed by atoms with Crippen LogP contribution in [0.2, 0.25) is 0 Å². The lowest BCUT2D eigenvalue weighted by Crippen LogP contribution is -2.14. The summed E-state index contributed by atoms with van der Waals surface area (Å²) in [5.74, 6) is -0.424. The Morgan fingerprint density at radius 1 is 1.05 bits per heavy atom. The largest absolute Gasteiger partial charge is 0.329 e. The molecule has 1 aliphatic heterocycles. The molecule has 0 N–H and O–H groups in total. The molecule has 0 bridgehead atoms. The van der Waals surface area contributed by atoms with Crippen molar-refractivity contribution in [3.8, 4) is 0 Å². The second kappa shape index (κ2) is 4.30. The van der Waals surface area contributed by atoms with Gasteiger partial charge in [-0.15, -0.1) is 0 Å². The van der Waals surface area contributed by atoms with Crippen molar-refractivity contribution in [1.29, 1.82) is 0 Å². The zero-order chi connectivity index (χ0) is 14.3. The van der Waals surface area contributed by atoms with Crippen LogP contribution < -0.4 is 0 Å². The summed E-state index contributed by atoms with van der Waals surface area (Å²) in [6.45, 7) is 3.68. The first-order chi connectivity index (χ1) is 8.82. The summed E-state index contributed by atoms with van der Waals surface area (Å²) in [6.07, 6.45) is 0. The molecule has 0 spiro atoms. The molecule has 1 amide bonds. The Kier molecular flexibility index (Phi) is 2.93. The second-order valence-corrected chi connectivity index (χ2v) is 4.45. The van der Waals surface area contributed by atoms with Crippen LogP contribution in [0.3, 0.4) is 0 Å². The molecule has 8 heteroatoms. The van der Waals surface area contributed by atoms with E-state index in [4.69, 9.17) is 0 Å². The van der Waals surface area contributed by atoms with Gasteiger partial charge in [0.25, 0.3) is 17.3 Å². The van der Waals surface area contributed by atoms with E-state index in [1.807, 2.05) is 13.8 Å². The van der Waals surface area contributed by atoms with Crippen LogP contribution >= 0.6 is 0 Å². The molecule has 0 aromatic heterocycles. The van der Waals surface area contributed by atoms with Gasteiger partial charge >= 0.3 is 0 Å². The number of nitrogens with zero attached hydrogens (tertiary/aromatic N) is 3. The molecule has 0 saturated carbocycles. The standard InChI is InChI=1S/C11H11N3O5/c1-6-7(2)12(6)11(15)8-3-9(13(16)17)5-10(4-8)14(18)19/h3-7H,1-2H3/t6-,7+,12?. The number of amides is 1. The smallest absolute Gasteiger partial charge is 0.277 e. The molecule has 1 fully saturated rings. The number of benzene rings is 1. The van der Waals surface area contributed by atoms with E-state index >= 15 is 0 Å². The van der Waals surface area contributed by atoms with Gasteiger partial charge in [0.15, 0.2) is 0 Å². The second-order valence-electron chi connectivity index (χ2n) is 4.45. The molecule has 1 aromatic carbocycles. The summed E-state index contributed by atoms with van der Waals surface area (Å²) < 4.78 is 0. The van der Waals surface area contributed by atoms with E-state index in [0.717, 1.165) is 18.2 Å². The van der Waals surface area contributed by atoms with Crippen LogP contribution in [-0.2, 0) is 0 Å².